The summed E-state index contributed by atoms with van der Waals surface area (Å²) >= 11 is 0. The van der Waals surface area contributed by atoms with Gasteiger partial charge in [-0.05, 0) is 32.6 Å². The lowest BCUT2D eigenvalue weighted by molar-refractivity contribution is 0.0689. The summed E-state index contributed by atoms with van der Waals surface area (Å²) in [5, 5.41) is 9.75. The van der Waals surface area contributed by atoms with Crippen LogP contribution in [-0.2, 0) is 0 Å². The van der Waals surface area contributed by atoms with Gasteiger partial charge in [0.2, 0.25) is 0 Å². The van der Waals surface area contributed by atoms with Crippen molar-refractivity contribution in [2.24, 2.45) is 0 Å². The lowest BCUT2D eigenvalue weighted by Gasteiger charge is -2.27. The SMILES string of the molecule is CN(C)CC1CC(O)CN1C(=O)c1c(F)ccc(N)c1F. The number of likely N-dealkylation sites (tertiary alicyclic amines) is 1. The van der Waals surface area contributed by atoms with Gasteiger partial charge in [-0.1, -0.05) is 0 Å². The van der Waals surface area contributed by atoms with E-state index in [4.69, 9.17) is 5.73 Å². The van der Waals surface area contributed by atoms with Gasteiger partial charge in [0.1, 0.15) is 11.4 Å². The summed E-state index contributed by atoms with van der Waals surface area (Å²) in [6, 6.07) is 1.76. The van der Waals surface area contributed by atoms with Crippen LogP contribution in [0.25, 0.3) is 0 Å². The van der Waals surface area contributed by atoms with Gasteiger partial charge < -0.3 is 20.6 Å². The minimum Gasteiger partial charge on any atom is -0.396 e. The molecular weight excluding hydrogens is 280 g/mol. The van der Waals surface area contributed by atoms with Crippen molar-refractivity contribution in [2.75, 3.05) is 32.9 Å². The summed E-state index contributed by atoms with van der Waals surface area (Å²) in [5.41, 5.74) is 4.46. The quantitative estimate of drug-likeness (QED) is 0.806. The van der Waals surface area contributed by atoms with Crippen LogP contribution in [0.15, 0.2) is 12.1 Å². The predicted octanol–water partition coefficient (Wildman–Crippen LogP) is 0.684. The largest absolute Gasteiger partial charge is 0.396 e. The maximum absolute atomic E-state index is 14.0. The maximum Gasteiger partial charge on any atom is 0.260 e. The van der Waals surface area contributed by atoms with E-state index in [1.54, 1.807) is 0 Å². The summed E-state index contributed by atoms with van der Waals surface area (Å²) in [4.78, 5) is 15.6. The Balaban J connectivity index is 2.32. The molecule has 2 atom stereocenters. The number of nitrogen functional groups attached to an aromatic ring is 1. The van der Waals surface area contributed by atoms with Gasteiger partial charge in [0.05, 0.1) is 11.8 Å². The third-order valence-electron chi connectivity index (χ3n) is 3.56. The molecule has 2 unspecified atom stereocenters. The van der Waals surface area contributed by atoms with E-state index in [0.717, 1.165) is 12.1 Å². The van der Waals surface area contributed by atoms with Crippen molar-refractivity contribution in [2.45, 2.75) is 18.6 Å². The fourth-order valence-electron chi connectivity index (χ4n) is 2.64. The van der Waals surface area contributed by atoms with Crippen molar-refractivity contribution in [3.63, 3.8) is 0 Å². The van der Waals surface area contributed by atoms with Gasteiger partial charge in [-0.25, -0.2) is 8.78 Å². The third kappa shape index (κ3) is 3.14. The number of carbonyl (C=O) groups is 1. The number of rotatable bonds is 3. The highest BCUT2D eigenvalue weighted by Gasteiger charge is 2.37. The fraction of sp³-hybridized carbons (Fsp3) is 0.500. The molecular formula is C14H19F2N3O2. The number of nitrogens with two attached hydrogens (primary N) is 1. The van der Waals surface area contributed by atoms with Crippen molar-refractivity contribution < 1.29 is 18.7 Å². The molecule has 1 heterocycles. The molecule has 1 aromatic carbocycles. The summed E-state index contributed by atoms with van der Waals surface area (Å²) in [6.07, 6.45) is -0.304. The second kappa shape index (κ2) is 5.95. The normalized spacial score (nSPS) is 22.1. The van der Waals surface area contributed by atoms with Crippen molar-refractivity contribution in [3.05, 3.63) is 29.3 Å². The van der Waals surface area contributed by atoms with E-state index in [1.165, 1.54) is 4.90 Å². The fourth-order valence-corrected chi connectivity index (χ4v) is 2.64. The highest BCUT2D eigenvalue weighted by molar-refractivity contribution is 5.96. The zero-order valence-corrected chi connectivity index (χ0v) is 12.0. The monoisotopic (exact) mass is 299 g/mol. The first kappa shape index (κ1) is 15.7. The maximum atomic E-state index is 14.0. The molecule has 1 amide bonds. The molecule has 0 saturated carbocycles. The molecule has 1 aliphatic heterocycles. The molecule has 1 aromatic rings. The van der Waals surface area contributed by atoms with E-state index in [0.29, 0.717) is 13.0 Å². The molecule has 0 bridgehead atoms. The standard InChI is InChI=1S/C14H19F2N3O2/c1-18(2)6-8-5-9(20)7-19(8)14(21)12-10(15)3-4-11(17)13(12)16/h3-4,8-9,20H,5-7,17H2,1-2H3. The van der Waals surface area contributed by atoms with Crippen LogP contribution < -0.4 is 5.73 Å². The smallest absolute Gasteiger partial charge is 0.260 e. The first-order chi connectivity index (χ1) is 9.81. The number of aliphatic hydroxyl groups is 1. The Morgan fingerprint density at radius 2 is 2.14 bits per heavy atom. The molecule has 1 fully saturated rings. The molecule has 1 saturated heterocycles. The number of aliphatic hydroxyl groups excluding tert-OH is 1. The molecule has 21 heavy (non-hydrogen) atoms. The first-order valence-electron chi connectivity index (χ1n) is 6.68. The van der Waals surface area contributed by atoms with Crippen LogP contribution >= 0.6 is 0 Å². The van der Waals surface area contributed by atoms with Gasteiger partial charge in [0.25, 0.3) is 5.91 Å². The Labute approximate surface area is 121 Å². The van der Waals surface area contributed by atoms with Crippen LogP contribution in [0.3, 0.4) is 0 Å². The van der Waals surface area contributed by atoms with Crippen molar-refractivity contribution >= 4 is 11.6 Å². The Hall–Kier alpha value is -1.73. The molecule has 0 aromatic heterocycles. The first-order valence-corrected chi connectivity index (χ1v) is 6.68. The molecule has 116 valence electrons. The van der Waals surface area contributed by atoms with Gasteiger partial charge in [0.15, 0.2) is 5.82 Å². The summed E-state index contributed by atoms with van der Waals surface area (Å²) in [5.74, 6) is -2.78. The zero-order valence-electron chi connectivity index (χ0n) is 12.0. The highest BCUT2D eigenvalue weighted by Crippen LogP contribution is 2.25. The van der Waals surface area contributed by atoms with E-state index in [-0.39, 0.29) is 18.3 Å². The Kier molecular flexibility index (Phi) is 4.43. The van der Waals surface area contributed by atoms with Gasteiger partial charge in [0, 0.05) is 19.1 Å². The van der Waals surface area contributed by atoms with E-state index < -0.39 is 29.2 Å². The lowest BCUT2D eigenvalue weighted by atomic mass is 10.1. The van der Waals surface area contributed by atoms with E-state index >= 15 is 0 Å². The zero-order chi connectivity index (χ0) is 15.7. The summed E-state index contributed by atoms with van der Waals surface area (Å²) < 4.78 is 27.8. The van der Waals surface area contributed by atoms with Gasteiger partial charge >= 0.3 is 0 Å². The van der Waals surface area contributed by atoms with Crippen LogP contribution in [0, 0.1) is 11.6 Å². The number of hydrogen-bond donors (Lipinski definition) is 2. The van der Waals surface area contributed by atoms with E-state index in [9.17, 15) is 18.7 Å². The number of likely N-dealkylation sites (N-methyl/N-ethyl adjacent to an activating group) is 1. The molecule has 3 N–H and O–H groups in total. The molecule has 0 spiro atoms. The molecule has 0 radical (unpaired) electrons. The Morgan fingerprint density at radius 1 is 1.48 bits per heavy atom. The van der Waals surface area contributed by atoms with E-state index in [2.05, 4.69) is 0 Å². The minimum absolute atomic E-state index is 0.0605. The van der Waals surface area contributed by atoms with Crippen molar-refractivity contribution in [1.29, 1.82) is 0 Å². The van der Waals surface area contributed by atoms with Crippen molar-refractivity contribution in [1.82, 2.24) is 9.80 Å². The molecule has 7 heteroatoms. The number of halogens is 2. The van der Waals surface area contributed by atoms with Crippen LogP contribution in [0.1, 0.15) is 16.8 Å². The Morgan fingerprint density at radius 3 is 2.76 bits per heavy atom. The highest BCUT2D eigenvalue weighted by atomic mass is 19.1. The number of amides is 1. The van der Waals surface area contributed by atoms with Gasteiger partial charge in [-0.3, -0.25) is 4.79 Å². The average molecular weight is 299 g/mol. The van der Waals surface area contributed by atoms with Gasteiger partial charge in [-0.2, -0.15) is 0 Å². The van der Waals surface area contributed by atoms with Crippen molar-refractivity contribution in [3.8, 4) is 0 Å². The number of hydrogen-bond acceptors (Lipinski definition) is 4. The van der Waals surface area contributed by atoms with Crippen LogP contribution in [-0.4, -0.2) is 60.1 Å². The number of benzene rings is 1. The molecule has 1 aliphatic rings. The second-order valence-electron chi connectivity index (χ2n) is 5.59. The lowest BCUT2D eigenvalue weighted by Crippen LogP contribution is -2.42. The minimum atomic E-state index is -1.05. The Bertz CT molecular complexity index is 551. The van der Waals surface area contributed by atoms with Crippen LogP contribution in [0.4, 0.5) is 14.5 Å². The predicted molar refractivity (Wildman–Crippen MR) is 74.8 cm³/mol. The topological polar surface area (TPSA) is 69.8 Å². The second-order valence-corrected chi connectivity index (χ2v) is 5.59. The number of β-amino-alcohol motifs (C(OH)–C–C–N with tert-alkyl or cyclic N) is 1. The van der Waals surface area contributed by atoms with Gasteiger partial charge in [-0.15, -0.1) is 0 Å². The number of nitrogens with zero attached hydrogens (tertiary/aromatic N) is 2. The third-order valence-corrected chi connectivity index (χ3v) is 3.56. The van der Waals surface area contributed by atoms with Crippen LogP contribution in [0.2, 0.25) is 0 Å². The molecule has 0 aliphatic carbocycles. The number of anilines is 1. The molecule has 5 nitrogen and oxygen atoms in total. The van der Waals surface area contributed by atoms with Crippen LogP contribution in [0.5, 0.6) is 0 Å². The number of carbonyl (C=O) groups excluding carboxylic acids is 1. The summed E-state index contributed by atoms with van der Waals surface area (Å²) in [7, 11) is 3.66. The van der Waals surface area contributed by atoms with E-state index in [1.807, 2.05) is 19.0 Å². The molecule has 2 rings (SSSR count). The summed E-state index contributed by atoms with van der Waals surface area (Å²) in [6.45, 7) is 0.569. The average Bonchev–Trinajstić information content (AvgIpc) is 2.74.